The third kappa shape index (κ3) is 4.58. The molecule has 0 fully saturated rings. The lowest BCUT2D eigenvalue weighted by atomic mass is 9.96. The van der Waals surface area contributed by atoms with E-state index in [9.17, 15) is 8.42 Å². The van der Waals surface area contributed by atoms with Gasteiger partial charge in [0.2, 0.25) is 10.0 Å². The van der Waals surface area contributed by atoms with Gasteiger partial charge in [-0.1, -0.05) is 53.0 Å². The van der Waals surface area contributed by atoms with Crippen molar-refractivity contribution in [1.29, 1.82) is 0 Å². The number of rotatable bonds is 5. The fourth-order valence-electron chi connectivity index (χ4n) is 1.20. The first kappa shape index (κ1) is 17.2. The van der Waals surface area contributed by atoms with Crippen LogP contribution in [0, 0.1) is 5.41 Å². The molecule has 108 valence electrons. The summed E-state index contributed by atoms with van der Waals surface area (Å²) in [4.78, 5) is -0.159. The Morgan fingerprint density at radius 2 is 1.79 bits per heavy atom. The summed E-state index contributed by atoms with van der Waals surface area (Å²) < 4.78 is 27.3. The Labute approximate surface area is 131 Å². The van der Waals surface area contributed by atoms with Crippen LogP contribution in [0.4, 0.5) is 0 Å². The average molecular weight is 391 g/mol. The van der Waals surface area contributed by atoms with Gasteiger partial charge in [0, 0.05) is 23.0 Å². The molecular formula is C11H14BrCl2NO3S. The molecule has 1 aromatic carbocycles. The van der Waals surface area contributed by atoms with Crippen LogP contribution < -0.4 is 4.72 Å². The van der Waals surface area contributed by atoms with E-state index in [1.807, 2.05) is 0 Å². The monoisotopic (exact) mass is 389 g/mol. The number of aliphatic hydroxyl groups is 1. The fraction of sp³-hybridized carbons (Fsp3) is 0.455. The number of hydrogen-bond donors (Lipinski definition) is 2. The van der Waals surface area contributed by atoms with Crippen LogP contribution in [0.25, 0.3) is 0 Å². The molecule has 0 unspecified atom stereocenters. The molecule has 0 aliphatic rings. The average Bonchev–Trinajstić information content (AvgIpc) is 2.25. The van der Waals surface area contributed by atoms with Crippen molar-refractivity contribution < 1.29 is 13.5 Å². The van der Waals surface area contributed by atoms with E-state index in [-0.39, 0.29) is 28.1 Å². The van der Waals surface area contributed by atoms with Gasteiger partial charge in [-0.3, -0.25) is 0 Å². The van der Waals surface area contributed by atoms with Gasteiger partial charge in [0.15, 0.2) is 0 Å². The minimum atomic E-state index is -3.83. The number of nitrogens with one attached hydrogen (secondary N) is 1. The molecule has 0 aliphatic heterocycles. The van der Waals surface area contributed by atoms with Crippen molar-refractivity contribution >= 4 is 49.2 Å². The molecule has 0 aromatic heterocycles. The van der Waals surface area contributed by atoms with Crippen molar-refractivity contribution in [2.45, 2.75) is 18.7 Å². The zero-order valence-electron chi connectivity index (χ0n) is 10.4. The van der Waals surface area contributed by atoms with Crippen LogP contribution in [-0.2, 0) is 10.0 Å². The molecule has 2 N–H and O–H groups in total. The van der Waals surface area contributed by atoms with Crippen molar-refractivity contribution in [1.82, 2.24) is 4.72 Å². The zero-order chi connectivity index (χ0) is 14.8. The van der Waals surface area contributed by atoms with Crippen molar-refractivity contribution in [3.8, 4) is 0 Å². The van der Waals surface area contributed by atoms with Crippen LogP contribution in [-0.4, -0.2) is 26.7 Å². The van der Waals surface area contributed by atoms with Gasteiger partial charge >= 0.3 is 0 Å². The lowest BCUT2D eigenvalue weighted by molar-refractivity contribution is 0.163. The molecule has 19 heavy (non-hydrogen) atoms. The van der Waals surface area contributed by atoms with E-state index in [1.165, 1.54) is 12.1 Å². The van der Waals surface area contributed by atoms with Gasteiger partial charge in [-0.05, 0) is 12.1 Å². The van der Waals surface area contributed by atoms with E-state index >= 15 is 0 Å². The van der Waals surface area contributed by atoms with E-state index < -0.39 is 15.4 Å². The Balaban J connectivity index is 3.09. The van der Waals surface area contributed by atoms with Gasteiger partial charge in [-0.25, -0.2) is 13.1 Å². The topological polar surface area (TPSA) is 66.4 Å². The minimum Gasteiger partial charge on any atom is -0.396 e. The Hall–Kier alpha value is 0.150. The van der Waals surface area contributed by atoms with Crippen molar-refractivity contribution in [3.63, 3.8) is 0 Å². The predicted molar refractivity (Wildman–Crippen MR) is 80.2 cm³/mol. The summed E-state index contributed by atoms with van der Waals surface area (Å²) in [7, 11) is -3.83. The first-order valence-electron chi connectivity index (χ1n) is 5.34. The summed E-state index contributed by atoms with van der Waals surface area (Å²) >= 11 is 15.0. The second-order valence-corrected chi connectivity index (χ2v) is 8.28. The van der Waals surface area contributed by atoms with Gasteiger partial charge < -0.3 is 5.11 Å². The Kier molecular flexibility index (Phi) is 5.69. The SMILES string of the molecule is CC(C)(CO)CNS(=O)(=O)c1c(Cl)cc(Br)cc1Cl. The molecule has 0 saturated carbocycles. The second kappa shape index (κ2) is 6.28. The van der Waals surface area contributed by atoms with Gasteiger partial charge in [0.1, 0.15) is 4.90 Å². The smallest absolute Gasteiger partial charge is 0.243 e. The highest BCUT2D eigenvalue weighted by molar-refractivity contribution is 9.10. The summed E-state index contributed by atoms with van der Waals surface area (Å²) in [5, 5.41) is 9.19. The molecule has 0 bridgehead atoms. The maximum Gasteiger partial charge on any atom is 0.243 e. The molecule has 4 nitrogen and oxygen atoms in total. The highest BCUT2D eigenvalue weighted by Crippen LogP contribution is 2.32. The molecule has 0 heterocycles. The molecule has 1 rings (SSSR count). The van der Waals surface area contributed by atoms with Crippen LogP contribution in [0.2, 0.25) is 10.0 Å². The van der Waals surface area contributed by atoms with Crippen molar-refractivity contribution in [2.75, 3.05) is 13.2 Å². The molecule has 0 atom stereocenters. The largest absolute Gasteiger partial charge is 0.396 e. The van der Waals surface area contributed by atoms with Crippen LogP contribution in [0.3, 0.4) is 0 Å². The minimum absolute atomic E-state index is 0.0358. The lowest BCUT2D eigenvalue weighted by Crippen LogP contribution is -2.36. The van der Waals surface area contributed by atoms with E-state index in [2.05, 4.69) is 20.7 Å². The summed E-state index contributed by atoms with van der Waals surface area (Å²) in [6.07, 6.45) is 0. The van der Waals surface area contributed by atoms with E-state index in [4.69, 9.17) is 28.3 Å². The van der Waals surface area contributed by atoms with Gasteiger partial charge in [-0.2, -0.15) is 0 Å². The summed E-state index contributed by atoms with van der Waals surface area (Å²) in [6, 6.07) is 2.92. The van der Waals surface area contributed by atoms with Gasteiger partial charge in [0.25, 0.3) is 0 Å². The van der Waals surface area contributed by atoms with Gasteiger partial charge in [0.05, 0.1) is 10.0 Å². The summed E-state index contributed by atoms with van der Waals surface area (Å²) in [5.41, 5.74) is -0.568. The fourth-order valence-corrected chi connectivity index (χ4v) is 4.38. The molecule has 0 spiro atoms. The third-order valence-electron chi connectivity index (χ3n) is 2.40. The Bertz CT molecular complexity index is 552. The molecule has 0 radical (unpaired) electrons. The number of sulfonamides is 1. The molecule has 8 heteroatoms. The predicted octanol–water partition coefficient (Wildman–Crippen LogP) is 3.05. The Morgan fingerprint density at radius 1 is 1.32 bits per heavy atom. The first-order chi connectivity index (χ1) is 8.59. The molecule has 1 aromatic rings. The van der Waals surface area contributed by atoms with Gasteiger partial charge in [-0.15, -0.1) is 0 Å². The third-order valence-corrected chi connectivity index (χ3v) is 5.18. The zero-order valence-corrected chi connectivity index (χ0v) is 14.3. The quantitative estimate of drug-likeness (QED) is 0.811. The number of halogens is 3. The first-order valence-corrected chi connectivity index (χ1v) is 8.37. The van der Waals surface area contributed by atoms with Crippen LogP contribution >= 0.6 is 39.1 Å². The number of aliphatic hydroxyl groups excluding tert-OH is 1. The normalized spacial score (nSPS) is 12.7. The summed E-state index contributed by atoms with van der Waals surface area (Å²) in [6.45, 7) is 3.41. The highest BCUT2D eigenvalue weighted by Gasteiger charge is 2.25. The van der Waals surface area contributed by atoms with E-state index in [0.717, 1.165) is 0 Å². The van der Waals surface area contributed by atoms with Crippen LogP contribution in [0.1, 0.15) is 13.8 Å². The van der Waals surface area contributed by atoms with Crippen molar-refractivity contribution in [2.24, 2.45) is 5.41 Å². The van der Waals surface area contributed by atoms with E-state index in [0.29, 0.717) is 4.47 Å². The molecule has 0 aliphatic carbocycles. The van der Waals surface area contributed by atoms with Crippen molar-refractivity contribution in [3.05, 3.63) is 26.7 Å². The standard InChI is InChI=1S/C11H14BrCl2NO3S/c1-11(2,6-16)5-15-19(17,18)10-8(13)3-7(12)4-9(10)14/h3-4,15-16H,5-6H2,1-2H3. The molecule has 0 amide bonds. The number of benzene rings is 1. The maximum absolute atomic E-state index is 12.2. The summed E-state index contributed by atoms with van der Waals surface area (Å²) in [5.74, 6) is 0. The lowest BCUT2D eigenvalue weighted by Gasteiger charge is -2.22. The molecular weight excluding hydrogens is 377 g/mol. The number of hydrogen-bond acceptors (Lipinski definition) is 3. The molecule has 0 saturated heterocycles. The highest BCUT2D eigenvalue weighted by atomic mass is 79.9. The maximum atomic E-state index is 12.2. The van der Waals surface area contributed by atoms with Crippen LogP contribution in [0.15, 0.2) is 21.5 Å². The van der Waals surface area contributed by atoms with E-state index in [1.54, 1.807) is 13.8 Å². The second-order valence-electron chi connectivity index (χ2n) is 4.85. The Morgan fingerprint density at radius 3 is 2.21 bits per heavy atom. The van der Waals surface area contributed by atoms with Crippen LogP contribution in [0.5, 0.6) is 0 Å².